The molecule has 1 atom stereocenters. The Kier molecular flexibility index (Phi) is 2.47. The normalized spacial score (nSPS) is 25.2. The van der Waals surface area contributed by atoms with Crippen LogP contribution in [0.1, 0.15) is 25.3 Å². The van der Waals surface area contributed by atoms with Crippen molar-refractivity contribution in [3.8, 4) is 0 Å². The van der Waals surface area contributed by atoms with Crippen LogP contribution in [0.25, 0.3) is 0 Å². The van der Waals surface area contributed by atoms with Crippen molar-refractivity contribution in [1.82, 2.24) is 9.88 Å². The average molecular weight is 164 g/mol. The topological polar surface area (TPSA) is 17.0 Å². The number of aromatic nitrogens is 1. The molecule has 12 heavy (non-hydrogen) atoms. The standard InChI is InChI=1S/C10H16N2/c1-2-9-12(8-1)10-4-3-6-11-7-5-10/h1-2,8-11H,3-7H2. The van der Waals surface area contributed by atoms with Crippen LogP contribution in [0, 0.1) is 0 Å². The average Bonchev–Trinajstić information content (AvgIpc) is 2.48. The lowest BCUT2D eigenvalue weighted by atomic mass is 10.1. The molecular formula is C10H16N2. The van der Waals surface area contributed by atoms with E-state index in [2.05, 4.69) is 34.4 Å². The Hall–Kier alpha value is -0.760. The second-order valence-corrected chi connectivity index (χ2v) is 3.46. The summed E-state index contributed by atoms with van der Waals surface area (Å²) in [6.07, 6.45) is 8.26. The van der Waals surface area contributed by atoms with E-state index in [0.29, 0.717) is 0 Å². The van der Waals surface area contributed by atoms with Crippen LogP contribution in [0.4, 0.5) is 0 Å². The van der Waals surface area contributed by atoms with Gasteiger partial charge in [-0.1, -0.05) is 0 Å². The second kappa shape index (κ2) is 3.76. The molecule has 2 rings (SSSR count). The summed E-state index contributed by atoms with van der Waals surface area (Å²) < 4.78 is 2.34. The molecule has 0 radical (unpaired) electrons. The van der Waals surface area contributed by atoms with Gasteiger partial charge in [-0.25, -0.2) is 0 Å². The van der Waals surface area contributed by atoms with Crippen LogP contribution in [-0.2, 0) is 0 Å². The Labute approximate surface area is 73.6 Å². The Morgan fingerprint density at radius 2 is 1.92 bits per heavy atom. The highest BCUT2D eigenvalue weighted by Gasteiger charge is 2.11. The summed E-state index contributed by atoms with van der Waals surface area (Å²) >= 11 is 0. The molecule has 1 fully saturated rings. The van der Waals surface area contributed by atoms with Crippen molar-refractivity contribution in [1.29, 1.82) is 0 Å². The zero-order valence-electron chi connectivity index (χ0n) is 7.37. The summed E-state index contributed by atoms with van der Waals surface area (Å²) in [4.78, 5) is 0. The van der Waals surface area contributed by atoms with Gasteiger partial charge in [0.05, 0.1) is 0 Å². The fraction of sp³-hybridized carbons (Fsp3) is 0.600. The van der Waals surface area contributed by atoms with Gasteiger partial charge in [0.2, 0.25) is 0 Å². The van der Waals surface area contributed by atoms with Crippen LogP contribution in [-0.4, -0.2) is 17.7 Å². The molecule has 0 spiro atoms. The van der Waals surface area contributed by atoms with Gasteiger partial charge in [-0.2, -0.15) is 0 Å². The third-order valence-electron chi connectivity index (χ3n) is 2.59. The van der Waals surface area contributed by atoms with Crippen LogP contribution >= 0.6 is 0 Å². The van der Waals surface area contributed by atoms with Gasteiger partial charge in [-0.15, -0.1) is 0 Å². The summed E-state index contributed by atoms with van der Waals surface area (Å²) in [5.41, 5.74) is 0. The Bertz CT molecular complexity index is 208. The molecule has 1 N–H and O–H groups in total. The molecule has 0 aliphatic carbocycles. The van der Waals surface area contributed by atoms with E-state index in [1.165, 1.54) is 32.4 Å². The predicted molar refractivity (Wildman–Crippen MR) is 50.2 cm³/mol. The zero-order chi connectivity index (χ0) is 8.23. The summed E-state index contributed by atoms with van der Waals surface area (Å²) in [5.74, 6) is 0. The van der Waals surface area contributed by atoms with E-state index in [1.54, 1.807) is 0 Å². The lowest BCUT2D eigenvalue weighted by Crippen LogP contribution is -2.14. The van der Waals surface area contributed by atoms with Gasteiger partial charge in [0.15, 0.2) is 0 Å². The summed E-state index contributed by atoms with van der Waals surface area (Å²) in [6.45, 7) is 2.36. The minimum Gasteiger partial charge on any atom is -0.351 e. The van der Waals surface area contributed by atoms with Crippen molar-refractivity contribution in [3.05, 3.63) is 24.5 Å². The third kappa shape index (κ3) is 1.69. The Morgan fingerprint density at radius 3 is 2.75 bits per heavy atom. The minimum absolute atomic E-state index is 0.731. The van der Waals surface area contributed by atoms with E-state index >= 15 is 0 Å². The Morgan fingerprint density at radius 1 is 1.08 bits per heavy atom. The number of hydrogen-bond donors (Lipinski definition) is 1. The molecule has 2 heteroatoms. The first-order valence-corrected chi connectivity index (χ1v) is 4.80. The van der Waals surface area contributed by atoms with E-state index in [-0.39, 0.29) is 0 Å². The van der Waals surface area contributed by atoms with Crippen molar-refractivity contribution in [2.45, 2.75) is 25.3 Å². The first-order chi connectivity index (χ1) is 5.97. The highest BCUT2D eigenvalue weighted by atomic mass is 15.0. The maximum atomic E-state index is 3.43. The van der Waals surface area contributed by atoms with Crippen molar-refractivity contribution >= 4 is 0 Å². The second-order valence-electron chi connectivity index (χ2n) is 3.46. The smallest absolute Gasteiger partial charge is 0.0343 e. The molecule has 1 aromatic heterocycles. The molecule has 0 bridgehead atoms. The zero-order valence-corrected chi connectivity index (χ0v) is 7.37. The number of nitrogens with zero attached hydrogens (tertiary/aromatic N) is 1. The number of hydrogen-bond acceptors (Lipinski definition) is 1. The van der Waals surface area contributed by atoms with Crippen molar-refractivity contribution in [2.75, 3.05) is 13.1 Å². The first-order valence-electron chi connectivity index (χ1n) is 4.80. The van der Waals surface area contributed by atoms with Gasteiger partial charge >= 0.3 is 0 Å². The molecule has 0 saturated carbocycles. The van der Waals surface area contributed by atoms with E-state index in [4.69, 9.17) is 0 Å². The van der Waals surface area contributed by atoms with Gasteiger partial charge < -0.3 is 9.88 Å². The summed E-state index contributed by atoms with van der Waals surface area (Å²) in [5, 5.41) is 3.43. The Balaban J connectivity index is 2.02. The molecule has 1 saturated heterocycles. The van der Waals surface area contributed by atoms with E-state index in [0.717, 1.165) is 6.04 Å². The molecular weight excluding hydrogens is 148 g/mol. The van der Waals surface area contributed by atoms with Crippen LogP contribution in [0.2, 0.25) is 0 Å². The lowest BCUT2D eigenvalue weighted by Gasteiger charge is -2.15. The van der Waals surface area contributed by atoms with Crippen LogP contribution in [0.5, 0.6) is 0 Å². The number of rotatable bonds is 1. The SMILES string of the molecule is c1ccn(C2CCCNCC2)c1. The molecule has 0 amide bonds. The molecule has 2 nitrogen and oxygen atoms in total. The predicted octanol–water partition coefficient (Wildman–Crippen LogP) is 1.80. The molecule has 1 unspecified atom stereocenters. The van der Waals surface area contributed by atoms with Crippen LogP contribution < -0.4 is 5.32 Å². The minimum atomic E-state index is 0.731. The molecule has 66 valence electrons. The fourth-order valence-electron chi connectivity index (χ4n) is 1.89. The first kappa shape index (κ1) is 7.87. The van der Waals surface area contributed by atoms with Crippen molar-refractivity contribution in [3.63, 3.8) is 0 Å². The highest BCUT2D eigenvalue weighted by molar-refractivity contribution is 4.93. The maximum absolute atomic E-state index is 3.43. The highest BCUT2D eigenvalue weighted by Crippen LogP contribution is 2.19. The van der Waals surface area contributed by atoms with Gasteiger partial charge in [-0.3, -0.25) is 0 Å². The summed E-state index contributed by atoms with van der Waals surface area (Å²) in [7, 11) is 0. The van der Waals surface area contributed by atoms with E-state index < -0.39 is 0 Å². The van der Waals surface area contributed by atoms with Crippen LogP contribution in [0.3, 0.4) is 0 Å². The largest absolute Gasteiger partial charge is 0.351 e. The monoisotopic (exact) mass is 164 g/mol. The van der Waals surface area contributed by atoms with Gasteiger partial charge in [-0.05, 0) is 44.5 Å². The van der Waals surface area contributed by atoms with Crippen molar-refractivity contribution in [2.24, 2.45) is 0 Å². The molecule has 1 aliphatic heterocycles. The molecule has 2 heterocycles. The molecule has 0 aromatic carbocycles. The molecule has 1 aromatic rings. The van der Waals surface area contributed by atoms with Gasteiger partial charge in [0.25, 0.3) is 0 Å². The fourth-order valence-corrected chi connectivity index (χ4v) is 1.89. The van der Waals surface area contributed by atoms with E-state index in [9.17, 15) is 0 Å². The van der Waals surface area contributed by atoms with Crippen molar-refractivity contribution < 1.29 is 0 Å². The lowest BCUT2D eigenvalue weighted by molar-refractivity contribution is 0.456. The van der Waals surface area contributed by atoms with E-state index in [1.807, 2.05) is 0 Å². The quantitative estimate of drug-likeness (QED) is 0.669. The maximum Gasteiger partial charge on any atom is 0.0343 e. The van der Waals surface area contributed by atoms with Gasteiger partial charge in [0, 0.05) is 18.4 Å². The number of nitrogens with one attached hydrogen (secondary N) is 1. The van der Waals surface area contributed by atoms with Crippen LogP contribution in [0.15, 0.2) is 24.5 Å². The van der Waals surface area contributed by atoms with Gasteiger partial charge in [0.1, 0.15) is 0 Å². The summed E-state index contributed by atoms with van der Waals surface area (Å²) in [6, 6.07) is 4.95. The molecule has 1 aliphatic rings. The third-order valence-corrected chi connectivity index (χ3v) is 2.59.